The van der Waals surface area contributed by atoms with Gasteiger partial charge in [-0.1, -0.05) is 164 Å². The van der Waals surface area contributed by atoms with Crippen molar-refractivity contribution in [2.45, 2.75) is 5.41 Å². The third-order valence-corrected chi connectivity index (χ3v) is 14.1. The highest BCUT2D eigenvalue weighted by atomic mass is 15.0. The first-order valence-corrected chi connectivity index (χ1v) is 22.2. The Morgan fingerprint density at radius 3 is 1.41 bits per heavy atom. The number of para-hydroxylation sites is 4. The van der Waals surface area contributed by atoms with Crippen LogP contribution in [0.2, 0.25) is 0 Å². The van der Waals surface area contributed by atoms with Crippen LogP contribution in [0.4, 0.5) is 0 Å². The Hall–Kier alpha value is -8.40. The van der Waals surface area contributed by atoms with Crippen LogP contribution < -0.4 is 0 Å². The van der Waals surface area contributed by atoms with Crippen LogP contribution in [0.5, 0.6) is 0 Å². The molecule has 1 aliphatic carbocycles. The van der Waals surface area contributed by atoms with Gasteiger partial charge < -0.3 is 13.7 Å². The second kappa shape index (κ2) is 13.3. The topological polar surface area (TPSA) is 14.8 Å². The summed E-state index contributed by atoms with van der Waals surface area (Å²) in [6.07, 6.45) is 0. The van der Waals surface area contributed by atoms with Crippen molar-refractivity contribution in [3.05, 3.63) is 259 Å². The second-order valence-electron chi connectivity index (χ2n) is 17.2. The smallest absolute Gasteiger partial charge is 0.0713 e. The largest absolute Gasteiger partial charge is 0.309 e. The van der Waals surface area contributed by atoms with Crippen LogP contribution in [0.1, 0.15) is 22.3 Å². The summed E-state index contributed by atoms with van der Waals surface area (Å²) < 4.78 is 7.41. The molecule has 0 aliphatic heterocycles. The van der Waals surface area contributed by atoms with Gasteiger partial charge >= 0.3 is 0 Å². The molecule has 0 radical (unpaired) electrons. The molecule has 0 unspecified atom stereocenters. The molecule has 0 amide bonds. The minimum absolute atomic E-state index is 0.527. The molecule has 13 aromatic rings. The number of fused-ring (bicyclic) bond motifs is 13. The summed E-state index contributed by atoms with van der Waals surface area (Å²) >= 11 is 0. The number of rotatable bonds is 5. The molecule has 3 nitrogen and oxygen atoms in total. The van der Waals surface area contributed by atoms with Crippen LogP contribution in [0.25, 0.3) is 93.6 Å². The molecule has 64 heavy (non-hydrogen) atoms. The zero-order chi connectivity index (χ0) is 41.9. The van der Waals surface area contributed by atoms with Gasteiger partial charge in [0.15, 0.2) is 0 Å². The van der Waals surface area contributed by atoms with E-state index in [-0.39, 0.29) is 0 Å². The predicted molar refractivity (Wildman–Crippen MR) is 267 cm³/mol. The molecule has 0 spiro atoms. The number of benzene rings is 10. The van der Waals surface area contributed by atoms with E-state index in [0.29, 0.717) is 0 Å². The molecule has 298 valence electrons. The molecule has 3 heterocycles. The van der Waals surface area contributed by atoms with Crippen LogP contribution in [0, 0.1) is 0 Å². The maximum atomic E-state index is 2.53. The normalized spacial score (nSPS) is 13.1. The van der Waals surface area contributed by atoms with E-state index in [1.54, 1.807) is 0 Å². The monoisotopic (exact) mass is 813 g/mol. The molecule has 3 heteroatoms. The molecule has 3 aromatic heterocycles. The maximum absolute atomic E-state index is 2.53. The highest BCUT2D eigenvalue weighted by Crippen LogP contribution is 2.57. The van der Waals surface area contributed by atoms with E-state index >= 15 is 0 Å². The lowest BCUT2D eigenvalue weighted by atomic mass is 9.67. The Morgan fingerprint density at radius 1 is 0.266 bits per heavy atom. The van der Waals surface area contributed by atoms with Gasteiger partial charge in [0.25, 0.3) is 0 Å². The molecule has 10 aromatic carbocycles. The van der Waals surface area contributed by atoms with Crippen LogP contribution in [-0.4, -0.2) is 13.7 Å². The van der Waals surface area contributed by atoms with Crippen LogP contribution in [0.15, 0.2) is 237 Å². The molecular formula is C61H39N3. The zero-order valence-electron chi connectivity index (χ0n) is 34.9. The predicted octanol–water partition coefficient (Wildman–Crippen LogP) is 15.3. The van der Waals surface area contributed by atoms with Crippen molar-refractivity contribution < 1.29 is 0 Å². The number of aromatic nitrogens is 3. The van der Waals surface area contributed by atoms with Gasteiger partial charge in [-0.15, -0.1) is 0 Å². The minimum atomic E-state index is -0.527. The zero-order valence-corrected chi connectivity index (χ0v) is 34.9. The Morgan fingerprint density at radius 2 is 0.750 bits per heavy atom. The van der Waals surface area contributed by atoms with E-state index in [1.807, 2.05) is 0 Å². The summed E-state index contributed by atoms with van der Waals surface area (Å²) in [7, 11) is 0. The lowest BCUT2D eigenvalue weighted by Crippen LogP contribution is -2.28. The van der Waals surface area contributed by atoms with Crippen molar-refractivity contribution >= 4 is 65.4 Å². The van der Waals surface area contributed by atoms with Gasteiger partial charge in [-0.3, -0.25) is 0 Å². The van der Waals surface area contributed by atoms with Crippen molar-refractivity contribution in [3.63, 3.8) is 0 Å². The lowest BCUT2D eigenvalue weighted by Gasteiger charge is -2.34. The number of hydrogen-bond acceptors (Lipinski definition) is 0. The quantitative estimate of drug-likeness (QED) is 0.164. The van der Waals surface area contributed by atoms with E-state index < -0.39 is 5.41 Å². The van der Waals surface area contributed by atoms with Crippen molar-refractivity contribution in [2.24, 2.45) is 0 Å². The van der Waals surface area contributed by atoms with Crippen LogP contribution in [-0.2, 0) is 5.41 Å². The Labute approximate surface area is 369 Å². The average molecular weight is 814 g/mol. The average Bonchev–Trinajstić information content (AvgIpc) is 4.08. The summed E-state index contributed by atoms with van der Waals surface area (Å²) in [5, 5.41) is 7.42. The number of hydrogen-bond donors (Lipinski definition) is 0. The highest BCUT2D eigenvalue weighted by Gasteiger charge is 2.46. The SMILES string of the molecule is c1ccc(-n2c3ccc(C4(c5ccccc5)c5ccccc5-c5ccccc54)cc3c3c2ccc2c4cc(-n5c6ccccc6c6ccccc65)ccc4n(-c4ccccc4)c23)cc1. The summed E-state index contributed by atoms with van der Waals surface area (Å²) in [6, 6.07) is 87.6. The summed E-state index contributed by atoms with van der Waals surface area (Å²) in [4.78, 5) is 0. The Balaban J connectivity index is 1.14. The van der Waals surface area contributed by atoms with E-state index in [1.165, 1.54) is 98.8 Å². The van der Waals surface area contributed by atoms with Crippen molar-refractivity contribution in [2.75, 3.05) is 0 Å². The van der Waals surface area contributed by atoms with Gasteiger partial charge in [-0.25, -0.2) is 0 Å². The van der Waals surface area contributed by atoms with Crippen molar-refractivity contribution in [3.8, 4) is 28.2 Å². The lowest BCUT2D eigenvalue weighted by molar-refractivity contribution is 0.770. The summed E-state index contributed by atoms with van der Waals surface area (Å²) in [5.41, 5.74) is 17.8. The molecule has 0 atom stereocenters. The van der Waals surface area contributed by atoms with E-state index in [4.69, 9.17) is 0 Å². The first-order valence-electron chi connectivity index (χ1n) is 22.2. The van der Waals surface area contributed by atoms with Gasteiger partial charge in [-0.2, -0.15) is 0 Å². The molecular weight excluding hydrogens is 775 g/mol. The van der Waals surface area contributed by atoms with E-state index in [9.17, 15) is 0 Å². The van der Waals surface area contributed by atoms with Crippen LogP contribution in [0.3, 0.4) is 0 Å². The molecule has 0 saturated heterocycles. The molecule has 0 saturated carbocycles. The second-order valence-corrected chi connectivity index (χ2v) is 17.2. The van der Waals surface area contributed by atoms with E-state index in [2.05, 4.69) is 250 Å². The molecule has 0 N–H and O–H groups in total. The molecule has 1 aliphatic rings. The molecule has 0 bridgehead atoms. The first kappa shape index (κ1) is 35.2. The van der Waals surface area contributed by atoms with Gasteiger partial charge in [0.2, 0.25) is 0 Å². The fourth-order valence-electron chi connectivity index (χ4n) is 11.6. The standard InChI is InChI=1S/C61H39N3/c1-4-18-40(19-5-1)61(52-28-14-10-24-45(52)46-25-11-15-29-53(46)61)41-32-35-57-51(38-41)59-58(62(57)42-20-6-2-7-21-42)37-34-49-50-39-44(33-36-56(50)64(60(49)59)43-22-8-3-9-23-43)63-54-30-16-12-26-47(54)48-27-13-17-31-55(48)63/h1-39H. The third-order valence-electron chi connectivity index (χ3n) is 14.1. The number of nitrogens with zero attached hydrogens (tertiary/aromatic N) is 3. The fraction of sp³-hybridized carbons (Fsp3) is 0.0164. The summed E-state index contributed by atoms with van der Waals surface area (Å²) in [6.45, 7) is 0. The Kier molecular flexibility index (Phi) is 7.32. The minimum Gasteiger partial charge on any atom is -0.309 e. The van der Waals surface area contributed by atoms with Crippen molar-refractivity contribution in [1.82, 2.24) is 13.7 Å². The first-order chi connectivity index (χ1) is 31.8. The van der Waals surface area contributed by atoms with Crippen molar-refractivity contribution in [1.29, 1.82) is 0 Å². The van der Waals surface area contributed by atoms with Gasteiger partial charge in [0.1, 0.15) is 0 Å². The van der Waals surface area contributed by atoms with Crippen LogP contribution >= 0.6 is 0 Å². The van der Waals surface area contributed by atoms with Gasteiger partial charge in [-0.05, 0) is 106 Å². The Bertz CT molecular complexity index is 3900. The highest BCUT2D eigenvalue weighted by molar-refractivity contribution is 6.26. The van der Waals surface area contributed by atoms with Gasteiger partial charge in [0, 0.05) is 49.4 Å². The van der Waals surface area contributed by atoms with Gasteiger partial charge in [0.05, 0.1) is 38.5 Å². The fourth-order valence-corrected chi connectivity index (χ4v) is 11.6. The third kappa shape index (κ3) is 4.65. The molecule has 0 fully saturated rings. The maximum Gasteiger partial charge on any atom is 0.0713 e. The van der Waals surface area contributed by atoms with E-state index in [0.717, 1.165) is 17.1 Å². The summed E-state index contributed by atoms with van der Waals surface area (Å²) in [5.74, 6) is 0. The molecule has 14 rings (SSSR count).